The summed E-state index contributed by atoms with van der Waals surface area (Å²) in [5, 5.41) is 6.29. The van der Waals surface area contributed by atoms with E-state index in [1.807, 2.05) is 65.8 Å². The molecule has 2 aliphatic rings. The average Bonchev–Trinajstić information content (AvgIpc) is 3.18. The number of nitrogens with one attached hydrogen (secondary N) is 2. The van der Waals surface area contributed by atoms with E-state index < -0.39 is 39.5 Å². The van der Waals surface area contributed by atoms with Gasteiger partial charge in [-0.2, -0.15) is 0 Å². The van der Waals surface area contributed by atoms with Gasteiger partial charge in [0.05, 0.1) is 45.8 Å². The summed E-state index contributed by atoms with van der Waals surface area (Å²) in [6.07, 6.45) is -1.15. The minimum atomic E-state index is -1.94. The number of fused-ring (bicyclic) bond motifs is 2. The van der Waals surface area contributed by atoms with E-state index in [4.69, 9.17) is 18.9 Å². The van der Waals surface area contributed by atoms with Gasteiger partial charge in [-0.15, -0.1) is 22.9 Å². The first kappa shape index (κ1) is 57.7. The van der Waals surface area contributed by atoms with Crippen LogP contribution in [-0.4, -0.2) is 63.4 Å². The van der Waals surface area contributed by atoms with Gasteiger partial charge < -0.3 is 29.6 Å². The predicted molar refractivity (Wildman–Crippen MR) is 287 cm³/mol. The molecule has 8 atom stereocenters. The Kier molecular flexibility index (Phi) is 20.8. The highest BCUT2D eigenvalue weighted by atomic mass is 79.9. The molecule has 0 fully saturated rings. The number of hydrogen-bond acceptors (Lipinski definition) is 6. The van der Waals surface area contributed by atoms with Crippen LogP contribution in [0.4, 0.5) is 9.59 Å². The highest BCUT2D eigenvalue weighted by Crippen LogP contribution is 2.48. The van der Waals surface area contributed by atoms with Gasteiger partial charge in [-0.1, -0.05) is 163 Å². The largest absolute Gasteiger partial charge is 0.444 e. The number of rotatable bonds is 10. The number of ether oxygens (including phenoxy) is 4. The zero-order valence-electron chi connectivity index (χ0n) is 43.9. The molecule has 0 heterocycles. The molecule has 368 valence electrons. The lowest BCUT2D eigenvalue weighted by molar-refractivity contribution is 0.0437. The van der Waals surface area contributed by atoms with Crippen LogP contribution in [-0.2, 0) is 18.9 Å². The minimum Gasteiger partial charge on any atom is -0.444 e. The van der Waals surface area contributed by atoms with E-state index in [9.17, 15) is 9.59 Å². The van der Waals surface area contributed by atoms with Gasteiger partial charge in [0.2, 0.25) is 0 Å². The molecule has 2 N–H and O–H groups in total. The van der Waals surface area contributed by atoms with Crippen molar-refractivity contribution in [1.29, 1.82) is 0 Å². The van der Waals surface area contributed by atoms with Crippen LogP contribution in [0.2, 0.25) is 33.2 Å². The third-order valence-electron chi connectivity index (χ3n) is 13.8. The van der Waals surface area contributed by atoms with E-state index in [1.54, 1.807) is 14.2 Å². The number of hydrogen-bond donors (Lipinski definition) is 2. The van der Waals surface area contributed by atoms with Gasteiger partial charge in [-0.05, 0) is 97.0 Å². The number of alkyl carbamates (subject to hydrolysis) is 2. The van der Waals surface area contributed by atoms with E-state index in [2.05, 4.69) is 173 Å². The fourth-order valence-electron chi connectivity index (χ4n) is 10.9. The molecule has 66 heavy (non-hydrogen) atoms. The molecule has 0 aliphatic heterocycles. The Morgan fingerprint density at radius 1 is 0.515 bits per heavy atom. The first-order valence-corrected chi connectivity index (χ1v) is 30.4. The monoisotopic (exact) mass is 1070 g/mol. The molecular formula is C54H84Br2N2O6Si2. The fourth-order valence-corrected chi connectivity index (χ4v) is 23.3. The van der Waals surface area contributed by atoms with Crippen LogP contribution in [0, 0.1) is 34.8 Å². The molecule has 0 radical (unpaired) electrons. The van der Waals surface area contributed by atoms with E-state index >= 15 is 0 Å². The van der Waals surface area contributed by atoms with Crippen LogP contribution in [0.1, 0.15) is 171 Å². The van der Waals surface area contributed by atoms with Crippen molar-refractivity contribution in [3.05, 3.63) is 70.8 Å². The summed E-state index contributed by atoms with van der Waals surface area (Å²) < 4.78 is 23.1. The third kappa shape index (κ3) is 13.4. The van der Waals surface area contributed by atoms with Gasteiger partial charge in [0.15, 0.2) is 0 Å². The quantitative estimate of drug-likeness (QED) is 0.140. The van der Waals surface area contributed by atoms with E-state index in [0.717, 1.165) is 22.3 Å². The zero-order chi connectivity index (χ0) is 50.3. The standard InChI is InChI=1S/2C27H42BrNO3Si/c2*1-17(2)33(18(3)4,19(5)6)16-15-22-23(28)25(31-10)21-14-12-11-13-20(21)24(22)29-26(30)32-27(7,8)9/h2*11-14,17-19,22-25H,1-10H3,(H,29,30)/t2*22-,23-,24+,25-/m11/s1. The summed E-state index contributed by atoms with van der Waals surface area (Å²) in [6, 6.07) is 15.7. The summed E-state index contributed by atoms with van der Waals surface area (Å²) in [6.45, 7) is 39.1. The Hall–Kier alpha value is -2.59. The van der Waals surface area contributed by atoms with Crippen molar-refractivity contribution in [1.82, 2.24) is 10.6 Å². The summed E-state index contributed by atoms with van der Waals surface area (Å²) in [5.74, 6) is 7.08. The minimum absolute atomic E-state index is 0.0666. The normalized spacial score (nSPS) is 23.2. The SMILES string of the molecule is CO[C@@H]1c2ccccc2[C@H](NC(=O)OC(C)(C)C)[C@H](C#C[Si](C(C)C)(C(C)C)C(C)C)[C@H]1Br.CO[C@@H]1c2ccccc2[C@H](NC(=O)OC(C)(C)C)[C@H](C#C[Si](C(C)C)(C(C)C)C(C)C)[C@H]1Br. The fraction of sp³-hybridized carbons (Fsp3) is 0.667. The van der Waals surface area contributed by atoms with Gasteiger partial charge in [-0.3, -0.25) is 0 Å². The highest BCUT2D eigenvalue weighted by molar-refractivity contribution is 9.09. The van der Waals surface area contributed by atoms with Crippen molar-refractivity contribution in [2.24, 2.45) is 11.8 Å². The number of alkyl halides is 2. The summed E-state index contributed by atoms with van der Waals surface area (Å²) in [4.78, 5) is 25.6. The summed E-state index contributed by atoms with van der Waals surface area (Å²) in [5.41, 5.74) is 14.0. The molecule has 0 spiro atoms. The van der Waals surface area contributed by atoms with Crippen molar-refractivity contribution in [3.8, 4) is 22.9 Å². The molecule has 0 saturated carbocycles. The second kappa shape index (κ2) is 23.8. The summed E-state index contributed by atoms with van der Waals surface area (Å²) >= 11 is 7.84. The maximum Gasteiger partial charge on any atom is 0.408 e. The van der Waals surface area contributed by atoms with Crippen molar-refractivity contribution in [2.45, 2.75) is 203 Å². The molecule has 4 rings (SSSR count). The zero-order valence-corrected chi connectivity index (χ0v) is 49.1. The smallest absolute Gasteiger partial charge is 0.408 e. The number of carbonyl (C=O) groups is 2. The Morgan fingerprint density at radius 2 is 0.773 bits per heavy atom. The maximum absolute atomic E-state index is 12.8. The van der Waals surface area contributed by atoms with Crippen molar-refractivity contribution in [2.75, 3.05) is 14.2 Å². The molecule has 8 nitrogen and oxygen atoms in total. The van der Waals surface area contributed by atoms with Gasteiger partial charge in [0.1, 0.15) is 27.3 Å². The van der Waals surface area contributed by atoms with Crippen LogP contribution >= 0.6 is 31.9 Å². The lowest BCUT2D eigenvalue weighted by Gasteiger charge is -2.41. The van der Waals surface area contributed by atoms with Gasteiger partial charge in [0.25, 0.3) is 0 Å². The number of benzene rings is 2. The molecule has 0 aromatic heterocycles. The molecule has 2 aromatic carbocycles. The van der Waals surface area contributed by atoms with Gasteiger partial charge in [-0.25, -0.2) is 9.59 Å². The van der Waals surface area contributed by atoms with Crippen LogP contribution in [0.3, 0.4) is 0 Å². The topological polar surface area (TPSA) is 95.1 Å². The van der Waals surface area contributed by atoms with Crippen LogP contribution < -0.4 is 10.6 Å². The molecule has 2 aromatic rings. The van der Waals surface area contributed by atoms with Crippen LogP contribution in [0.5, 0.6) is 0 Å². The number of carbonyl (C=O) groups excluding carboxylic acids is 2. The molecule has 0 bridgehead atoms. The Labute approximate surface area is 419 Å². The second-order valence-electron chi connectivity index (χ2n) is 22.1. The third-order valence-corrected chi connectivity index (χ3v) is 28.5. The van der Waals surface area contributed by atoms with Crippen molar-refractivity contribution in [3.63, 3.8) is 0 Å². The Balaban J connectivity index is 0.000000350. The van der Waals surface area contributed by atoms with Gasteiger partial charge in [0, 0.05) is 14.2 Å². The molecule has 0 saturated heterocycles. The second-order valence-corrected chi connectivity index (χ2v) is 35.4. The first-order chi connectivity index (χ1) is 30.5. The van der Waals surface area contributed by atoms with Crippen molar-refractivity contribution >= 4 is 60.2 Å². The number of halogens is 2. The van der Waals surface area contributed by atoms with Gasteiger partial charge >= 0.3 is 12.2 Å². The predicted octanol–water partition coefficient (Wildman–Crippen LogP) is 15.1. The first-order valence-electron chi connectivity index (χ1n) is 24.1. The molecule has 2 amide bonds. The maximum atomic E-state index is 12.8. The highest BCUT2D eigenvalue weighted by Gasteiger charge is 2.47. The molecule has 12 heteroatoms. The van der Waals surface area contributed by atoms with E-state index in [0.29, 0.717) is 33.2 Å². The summed E-state index contributed by atoms with van der Waals surface area (Å²) in [7, 11) is -0.412. The number of methoxy groups -OCH3 is 2. The molecule has 0 unspecified atom stereocenters. The lowest BCUT2D eigenvalue weighted by atomic mass is 9.78. The van der Waals surface area contributed by atoms with E-state index in [-0.39, 0.29) is 45.8 Å². The van der Waals surface area contributed by atoms with Crippen molar-refractivity contribution < 1.29 is 28.5 Å². The van der Waals surface area contributed by atoms with Crippen LogP contribution in [0.15, 0.2) is 48.5 Å². The Morgan fingerprint density at radius 3 is 1.00 bits per heavy atom. The average molecular weight is 1070 g/mol. The molecule has 2 aliphatic carbocycles. The lowest BCUT2D eigenvalue weighted by Crippen LogP contribution is -2.46. The molecular weight excluding hydrogens is 989 g/mol. The van der Waals surface area contributed by atoms with Crippen LogP contribution in [0.25, 0.3) is 0 Å². The Bertz CT molecular complexity index is 1860. The number of amides is 2. The van der Waals surface area contributed by atoms with E-state index in [1.165, 1.54) is 0 Å².